The number of thioether (sulfide) groups is 1. The SMILES string of the molecule is CSc1ncc(Br)c(N2CCC(NC(=O)OC(C)(C)C)CC2)c1C=O. The van der Waals surface area contributed by atoms with E-state index in [9.17, 15) is 9.59 Å². The third-order valence-electron chi connectivity index (χ3n) is 3.85. The van der Waals surface area contributed by atoms with E-state index in [1.54, 1.807) is 6.20 Å². The van der Waals surface area contributed by atoms with Gasteiger partial charge in [-0.15, -0.1) is 11.8 Å². The minimum absolute atomic E-state index is 0.0754. The van der Waals surface area contributed by atoms with Gasteiger partial charge in [0.1, 0.15) is 10.6 Å². The maximum atomic E-state index is 11.9. The van der Waals surface area contributed by atoms with Gasteiger partial charge in [-0.3, -0.25) is 4.79 Å². The molecule has 1 N–H and O–H groups in total. The van der Waals surface area contributed by atoms with Gasteiger partial charge in [0.05, 0.1) is 15.7 Å². The average Bonchev–Trinajstić information content (AvgIpc) is 2.53. The molecule has 0 radical (unpaired) electrons. The normalized spacial score (nSPS) is 15.8. The first-order chi connectivity index (χ1) is 11.7. The van der Waals surface area contributed by atoms with Crippen LogP contribution >= 0.6 is 27.7 Å². The first kappa shape index (κ1) is 20.0. The molecule has 1 aliphatic heterocycles. The van der Waals surface area contributed by atoms with Crippen LogP contribution in [0.25, 0.3) is 0 Å². The number of halogens is 1. The molecule has 25 heavy (non-hydrogen) atoms. The standard InChI is InChI=1S/C17H24BrN3O3S/c1-17(2,3)24-16(23)20-11-5-7-21(8-6-11)14-12(10-22)15(25-4)19-9-13(14)18/h9-11H,5-8H2,1-4H3,(H,20,23). The molecular weight excluding hydrogens is 406 g/mol. The zero-order valence-electron chi connectivity index (χ0n) is 15.0. The maximum absolute atomic E-state index is 11.9. The minimum atomic E-state index is -0.500. The van der Waals surface area contributed by atoms with Gasteiger partial charge in [0.25, 0.3) is 0 Å². The average molecular weight is 430 g/mol. The molecule has 0 spiro atoms. The third-order valence-corrected chi connectivity index (χ3v) is 5.14. The number of anilines is 1. The Morgan fingerprint density at radius 2 is 2.08 bits per heavy atom. The molecule has 0 aliphatic carbocycles. The van der Waals surface area contributed by atoms with Crippen molar-refractivity contribution >= 4 is 45.8 Å². The van der Waals surface area contributed by atoms with Gasteiger partial charge in [0, 0.05) is 25.3 Å². The number of piperidine rings is 1. The maximum Gasteiger partial charge on any atom is 0.407 e. The molecule has 2 rings (SSSR count). The number of alkyl carbamates (subject to hydrolysis) is 1. The molecule has 6 nitrogen and oxygen atoms in total. The fourth-order valence-corrected chi connectivity index (χ4v) is 3.88. The Hall–Kier alpha value is -1.28. The third kappa shape index (κ3) is 5.34. The van der Waals surface area contributed by atoms with E-state index in [0.29, 0.717) is 5.56 Å². The van der Waals surface area contributed by atoms with Crippen LogP contribution in [0.15, 0.2) is 15.7 Å². The topological polar surface area (TPSA) is 71.5 Å². The predicted octanol–water partition coefficient (Wildman–Crippen LogP) is 3.87. The predicted molar refractivity (Wildman–Crippen MR) is 104 cm³/mol. The Balaban J connectivity index is 2.03. The molecule has 8 heteroatoms. The molecule has 1 aromatic heterocycles. The molecule has 0 saturated carbocycles. The summed E-state index contributed by atoms with van der Waals surface area (Å²) in [5.74, 6) is 0. The van der Waals surface area contributed by atoms with E-state index in [4.69, 9.17) is 4.74 Å². The molecule has 1 amide bonds. The van der Waals surface area contributed by atoms with E-state index >= 15 is 0 Å². The summed E-state index contributed by atoms with van der Waals surface area (Å²) in [6.07, 6.45) is 5.71. The van der Waals surface area contributed by atoms with Gasteiger partial charge in [-0.25, -0.2) is 9.78 Å². The van der Waals surface area contributed by atoms with Crippen molar-refractivity contribution in [3.63, 3.8) is 0 Å². The number of pyridine rings is 1. The fraction of sp³-hybridized carbons (Fsp3) is 0.588. The lowest BCUT2D eigenvalue weighted by Crippen LogP contribution is -2.46. The first-order valence-electron chi connectivity index (χ1n) is 8.17. The van der Waals surface area contributed by atoms with E-state index in [-0.39, 0.29) is 12.1 Å². The van der Waals surface area contributed by atoms with Gasteiger partial charge in [-0.2, -0.15) is 0 Å². The Kier molecular flexibility index (Phi) is 6.73. The number of rotatable bonds is 4. The second-order valence-electron chi connectivity index (χ2n) is 6.90. The summed E-state index contributed by atoms with van der Waals surface area (Å²) in [5, 5.41) is 3.65. The van der Waals surface area contributed by atoms with Crippen LogP contribution in [0.5, 0.6) is 0 Å². The van der Waals surface area contributed by atoms with Crippen LogP contribution in [0.2, 0.25) is 0 Å². The van der Waals surface area contributed by atoms with Crippen molar-refractivity contribution in [2.45, 2.75) is 50.3 Å². The highest BCUT2D eigenvalue weighted by molar-refractivity contribution is 9.10. The summed E-state index contributed by atoms with van der Waals surface area (Å²) in [6, 6.07) is 0.0754. The summed E-state index contributed by atoms with van der Waals surface area (Å²) < 4.78 is 6.12. The number of nitrogens with zero attached hydrogens (tertiary/aromatic N) is 2. The Morgan fingerprint density at radius 1 is 1.44 bits per heavy atom. The molecular formula is C17H24BrN3O3S. The van der Waals surface area contributed by atoms with Crippen LogP contribution in [-0.2, 0) is 4.74 Å². The van der Waals surface area contributed by atoms with Crippen molar-refractivity contribution in [3.8, 4) is 0 Å². The van der Waals surface area contributed by atoms with Gasteiger partial charge < -0.3 is 15.0 Å². The van der Waals surface area contributed by atoms with Crippen molar-refractivity contribution in [2.24, 2.45) is 0 Å². The molecule has 1 saturated heterocycles. The number of hydrogen-bond acceptors (Lipinski definition) is 6. The molecule has 0 aromatic carbocycles. The summed E-state index contributed by atoms with van der Waals surface area (Å²) in [7, 11) is 0. The van der Waals surface area contributed by atoms with Crippen LogP contribution in [-0.4, -0.2) is 48.4 Å². The monoisotopic (exact) mass is 429 g/mol. The molecule has 138 valence electrons. The highest BCUT2D eigenvalue weighted by Gasteiger charge is 2.26. The quantitative estimate of drug-likeness (QED) is 0.578. The van der Waals surface area contributed by atoms with Crippen molar-refractivity contribution in [2.75, 3.05) is 24.2 Å². The van der Waals surface area contributed by atoms with Crippen LogP contribution in [0.1, 0.15) is 44.0 Å². The van der Waals surface area contributed by atoms with Crippen molar-refractivity contribution in [1.29, 1.82) is 0 Å². The zero-order valence-corrected chi connectivity index (χ0v) is 17.4. The second-order valence-corrected chi connectivity index (χ2v) is 8.55. The van der Waals surface area contributed by atoms with E-state index in [1.165, 1.54) is 11.8 Å². The molecule has 1 fully saturated rings. The highest BCUT2D eigenvalue weighted by atomic mass is 79.9. The fourth-order valence-electron chi connectivity index (χ4n) is 2.79. The number of amides is 1. The lowest BCUT2D eigenvalue weighted by atomic mass is 10.0. The van der Waals surface area contributed by atoms with Crippen molar-refractivity contribution in [1.82, 2.24) is 10.3 Å². The number of carbonyl (C=O) groups excluding carboxylic acids is 2. The minimum Gasteiger partial charge on any atom is -0.444 e. The number of aromatic nitrogens is 1. The van der Waals surface area contributed by atoms with Gasteiger partial charge in [-0.05, 0) is 55.8 Å². The molecule has 2 heterocycles. The highest BCUT2D eigenvalue weighted by Crippen LogP contribution is 2.35. The number of hydrogen-bond donors (Lipinski definition) is 1. The van der Waals surface area contributed by atoms with Crippen molar-refractivity contribution in [3.05, 3.63) is 16.2 Å². The van der Waals surface area contributed by atoms with E-state index in [1.807, 2.05) is 27.0 Å². The molecule has 0 atom stereocenters. The largest absolute Gasteiger partial charge is 0.444 e. The van der Waals surface area contributed by atoms with Gasteiger partial charge in [0.2, 0.25) is 0 Å². The number of carbonyl (C=O) groups is 2. The summed E-state index contributed by atoms with van der Waals surface area (Å²) >= 11 is 4.97. The zero-order chi connectivity index (χ0) is 18.6. The molecule has 0 bridgehead atoms. The van der Waals surface area contributed by atoms with Crippen LogP contribution in [0.3, 0.4) is 0 Å². The van der Waals surface area contributed by atoms with Crippen LogP contribution < -0.4 is 10.2 Å². The van der Waals surface area contributed by atoms with Crippen LogP contribution in [0.4, 0.5) is 10.5 Å². The van der Waals surface area contributed by atoms with E-state index < -0.39 is 5.60 Å². The smallest absolute Gasteiger partial charge is 0.407 e. The lowest BCUT2D eigenvalue weighted by molar-refractivity contribution is 0.0497. The van der Waals surface area contributed by atoms with Gasteiger partial charge >= 0.3 is 6.09 Å². The van der Waals surface area contributed by atoms with Crippen LogP contribution in [0, 0.1) is 0 Å². The lowest BCUT2D eigenvalue weighted by Gasteiger charge is -2.35. The number of aldehydes is 1. The first-order valence-corrected chi connectivity index (χ1v) is 10.2. The Bertz CT molecular complexity index is 641. The molecule has 1 aliphatic rings. The summed E-state index contributed by atoms with van der Waals surface area (Å²) in [4.78, 5) is 29.9. The van der Waals surface area contributed by atoms with Gasteiger partial charge in [-0.1, -0.05) is 0 Å². The number of nitrogens with one attached hydrogen (secondary N) is 1. The van der Waals surface area contributed by atoms with E-state index in [2.05, 4.69) is 31.1 Å². The van der Waals surface area contributed by atoms with E-state index in [0.717, 1.165) is 47.4 Å². The summed E-state index contributed by atoms with van der Waals surface area (Å²) in [6.45, 7) is 7.04. The molecule has 1 aromatic rings. The van der Waals surface area contributed by atoms with Gasteiger partial charge in [0.15, 0.2) is 6.29 Å². The Morgan fingerprint density at radius 3 is 2.60 bits per heavy atom. The summed E-state index contributed by atoms with van der Waals surface area (Å²) in [5.41, 5.74) is 0.991. The van der Waals surface area contributed by atoms with Crippen molar-refractivity contribution < 1.29 is 14.3 Å². The number of ether oxygens (including phenoxy) is 1. The second kappa shape index (κ2) is 8.40. The molecule has 0 unspecified atom stereocenters. The Labute approximate surface area is 161 Å².